The van der Waals surface area contributed by atoms with Crippen LogP contribution in [0.5, 0.6) is 0 Å². The molecule has 0 atom stereocenters. The van der Waals surface area contributed by atoms with E-state index in [2.05, 4.69) is 118 Å². The summed E-state index contributed by atoms with van der Waals surface area (Å²) in [6.07, 6.45) is 35.8. The number of hydrogen-bond donors (Lipinski definition) is 0. The Kier molecular flexibility index (Phi) is 23.4. The zero-order valence-electron chi connectivity index (χ0n) is 28.5. The van der Waals surface area contributed by atoms with E-state index in [4.69, 9.17) is 0 Å². The third-order valence-corrected chi connectivity index (χ3v) is 7.46. The Hall–Kier alpha value is -2.08. The van der Waals surface area contributed by atoms with Crippen LogP contribution < -0.4 is 0 Å². The van der Waals surface area contributed by atoms with E-state index in [-0.39, 0.29) is 0 Å². The highest BCUT2D eigenvalue weighted by atomic mass is 14.0. The molecule has 40 heavy (non-hydrogen) atoms. The van der Waals surface area contributed by atoms with Crippen molar-refractivity contribution in [1.82, 2.24) is 0 Å². The van der Waals surface area contributed by atoms with Crippen molar-refractivity contribution < 1.29 is 0 Å². The van der Waals surface area contributed by atoms with Crippen molar-refractivity contribution in [3.8, 4) is 0 Å². The molecular formula is C40H66. The van der Waals surface area contributed by atoms with Crippen LogP contribution in [-0.2, 0) is 0 Å². The van der Waals surface area contributed by atoms with Gasteiger partial charge in [0, 0.05) is 0 Å². The van der Waals surface area contributed by atoms with Gasteiger partial charge in [-0.3, -0.25) is 0 Å². The van der Waals surface area contributed by atoms with Gasteiger partial charge in [-0.25, -0.2) is 0 Å². The first-order valence-corrected chi connectivity index (χ1v) is 16.2. The summed E-state index contributed by atoms with van der Waals surface area (Å²) in [5, 5.41) is 0. The molecule has 0 aromatic rings. The molecule has 0 bridgehead atoms. The smallest absolute Gasteiger partial charge is 0.0288 e. The second-order valence-electron chi connectivity index (χ2n) is 12.7. The first-order chi connectivity index (χ1) is 19.0. The van der Waals surface area contributed by atoms with E-state index in [1.807, 2.05) is 0 Å². The van der Waals surface area contributed by atoms with Crippen molar-refractivity contribution in [3.63, 3.8) is 0 Å². The molecule has 0 saturated carbocycles. The molecule has 0 aliphatic rings. The highest BCUT2D eigenvalue weighted by Crippen LogP contribution is 2.16. The van der Waals surface area contributed by atoms with Gasteiger partial charge in [-0.2, -0.15) is 0 Å². The van der Waals surface area contributed by atoms with E-state index in [1.165, 1.54) is 122 Å². The number of unbranched alkanes of at least 4 members (excludes halogenated alkanes) is 1. The third-order valence-electron chi connectivity index (χ3n) is 7.46. The Bertz CT molecular complexity index is 847. The molecule has 0 aromatic heterocycles. The summed E-state index contributed by atoms with van der Waals surface area (Å²) in [4.78, 5) is 0. The maximum atomic E-state index is 2.45. The van der Waals surface area contributed by atoms with Crippen LogP contribution in [-0.4, -0.2) is 0 Å². The minimum absolute atomic E-state index is 1.16. The van der Waals surface area contributed by atoms with Gasteiger partial charge in [-0.1, -0.05) is 93.2 Å². The molecule has 0 saturated heterocycles. The quantitative estimate of drug-likeness (QED) is 0.0991. The highest BCUT2D eigenvalue weighted by Gasteiger charge is 1.96. The summed E-state index contributed by atoms with van der Waals surface area (Å²) in [5.41, 5.74) is 12.0. The molecule has 0 aliphatic carbocycles. The van der Waals surface area contributed by atoms with Crippen molar-refractivity contribution >= 4 is 0 Å². The van der Waals surface area contributed by atoms with E-state index in [9.17, 15) is 0 Å². The van der Waals surface area contributed by atoms with Crippen molar-refractivity contribution in [2.75, 3.05) is 0 Å². The van der Waals surface area contributed by atoms with Crippen LogP contribution in [0.15, 0.2) is 93.2 Å². The topological polar surface area (TPSA) is 0 Å². The normalized spacial score (nSPS) is 14.1. The fourth-order valence-electron chi connectivity index (χ4n) is 4.63. The summed E-state index contributed by atoms with van der Waals surface area (Å²) < 4.78 is 0. The largest absolute Gasteiger partial charge is 0.0856 e. The molecule has 0 heterocycles. The molecule has 0 rings (SSSR count). The van der Waals surface area contributed by atoms with Gasteiger partial charge in [-0.05, 0) is 159 Å². The molecule has 0 aliphatic heterocycles. The van der Waals surface area contributed by atoms with Crippen LogP contribution in [0.3, 0.4) is 0 Å². The maximum absolute atomic E-state index is 2.45. The lowest BCUT2D eigenvalue weighted by Crippen LogP contribution is -1.83. The number of allylic oxidation sites excluding steroid dienone is 16. The molecular weight excluding hydrogens is 480 g/mol. The Morgan fingerprint density at radius 2 is 0.425 bits per heavy atom. The fourth-order valence-corrected chi connectivity index (χ4v) is 4.63. The molecule has 0 nitrogen and oxygen atoms in total. The number of rotatable bonds is 21. The molecule has 0 amide bonds. The Morgan fingerprint density at radius 3 is 0.625 bits per heavy atom. The van der Waals surface area contributed by atoms with Gasteiger partial charge < -0.3 is 0 Å². The fraction of sp³-hybridized carbons (Fsp3) is 0.600. The first kappa shape index (κ1) is 37.9. The molecule has 0 unspecified atom stereocenters. The lowest BCUT2D eigenvalue weighted by Gasteiger charge is -2.03. The SMILES string of the molecule is CC(C)=CCC/C(C)=C/CC/C(C)=C/CC/C(C)=C/CC/C=C(\C)CC/C=C(\C)CC/C=C(\C)CCC=C(C)C. The van der Waals surface area contributed by atoms with Gasteiger partial charge in [0.2, 0.25) is 0 Å². The summed E-state index contributed by atoms with van der Waals surface area (Å²) in [5.74, 6) is 0. The molecule has 0 radical (unpaired) electrons. The first-order valence-electron chi connectivity index (χ1n) is 16.2. The van der Waals surface area contributed by atoms with Gasteiger partial charge in [-0.15, -0.1) is 0 Å². The second kappa shape index (κ2) is 24.7. The van der Waals surface area contributed by atoms with Crippen molar-refractivity contribution in [3.05, 3.63) is 93.2 Å². The molecule has 226 valence electrons. The van der Waals surface area contributed by atoms with Crippen LogP contribution in [0.4, 0.5) is 0 Å². The second-order valence-corrected chi connectivity index (χ2v) is 12.7. The Balaban J connectivity index is 4.15. The van der Waals surface area contributed by atoms with E-state index in [0.717, 1.165) is 12.8 Å². The Labute approximate surface area is 251 Å². The van der Waals surface area contributed by atoms with Gasteiger partial charge in [0.1, 0.15) is 0 Å². The third kappa shape index (κ3) is 26.2. The van der Waals surface area contributed by atoms with E-state index >= 15 is 0 Å². The Morgan fingerprint density at radius 1 is 0.250 bits per heavy atom. The van der Waals surface area contributed by atoms with E-state index in [0.29, 0.717) is 0 Å². The molecule has 0 heteroatoms. The lowest BCUT2D eigenvalue weighted by atomic mass is 10.0. The maximum Gasteiger partial charge on any atom is -0.0288 e. The standard InChI is InChI=1S/C40H66/c1-33(2)19-13-23-37(7)27-17-31-39(9)29-15-25-35(5)21-11-12-22-36(6)26-16-30-40(10)32-18-28-38(8)24-14-20-34(3)4/h19-22,27-30H,11-18,23-26,31-32H2,1-10H3/b35-21+,36-22+,37-27+,38-28+,39-29+,40-30+. The van der Waals surface area contributed by atoms with Crippen molar-refractivity contribution in [2.24, 2.45) is 0 Å². The average molecular weight is 547 g/mol. The number of hydrogen-bond acceptors (Lipinski definition) is 0. The predicted molar refractivity (Wildman–Crippen MR) is 186 cm³/mol. The zero-order valence-corrected chi connectivity index (χ0v) is 28.5. The summed E-state index contributed by atoms with van der Waals surface area (Å²) in [7, 11) is 0. The van der Waals surface area contributed by atoms with Crippen LogP contribution in [0.2, 0.25) is 0 Å². The van der Waals surface area contributed by atoms with Crippen LogP contribution in [0, 0.1) is 0 Å². The molecule has 0 fully saturated rings. The van der Waals surface area contributed by atoms with E-state index < -0.39 is 0 Å². The van der Waals surface area contributed by atoms with Crippen LogP contribution in [0.25, 0.3) is 0 Å². The summed E-state index contributed by atoms with van der Waals surface area (Å²) >= 11 is 0. The highest BCUT2D eigenvalue weighted by molar-refractivity contribution is 5.09. The molecule has 0 aromatic carbocycles. The zero-order chi connectivity index (χ0) is 30.2. The summed E-state index contributed by atoms with van der Waals surface area (Å²) in [6, 6.07) is 0. The minimum Gasteiger partial charge on any atom is -0.0856 e. The lowest BCUT2D eigenvalue weighted by molar-refractivity contribution is 0.888. The van der Waals surface area contributed by atoms with Crippen LogP contribution in [0.1, 0.15) is 159 Å². The van der Waals surface area contributed by atoms with Gasteiger partial charge in [0.15, 0.2) is 0 Å². The van der Waals surface area contributed by atoms with Crippen molar-refractivity contribution in [2.45, 2.75) is 159 Å². The van der Waals surface area contributed by atoms with Gasteiger partial charge >= 0.3 is 0 Å². The van der Waals surface area contributed by atoms with Crippen LogP contribution >= 0.6 is 0 Å². The van der Waals surface area contributed by atoms with E-state index in [1.54, 1.807) is 0 Å². The van der Waals surface area contributed by atoms with Crippen molar-refractivity contribution in [1.29, 1.82) is 0 Å². The van der Waals surface area contributed by atoms with Gasteiger partial charge in [0.05, 0.1) is 0 Å². The predicted octanol–water partition coefficient (Wildman–Crippen LogP) is 14.1. The average Bonchev–Trinajstić information content (AvgIpc) is 2.86. The minimum atomic E-state index is 1.16. The van der Waals surface area contributed by atoms with Gasteiger partial charge in [0.25, 0.3) is 0 Å². The monoisotopic (exact) mass is 547 g/mol. The molecule has 0 N–H and O–H groups in total. The molecule has 0 spiro atoms. The summed E-state index contributed by atoms with van der Waals surface area (Å²) in [6.45, 7) is 22.5.